The van der Waals surface area contributed by atoms with Crippen LogP contribution < -0.4 is 0 Å². The third-order valence-electron chi connectivity index (χ3n) is 2.40. The molecular formula is C12H12ClNO. The smallest absolute Gasteiger partial charge is 0.153 e. The number of nitrogens with zero attached hydrogens (tertiary/aromatic N) is 1. The maximum absolute atomic E-state index is 5.81. The molecule has 0 spiro atoms. The Bertz CT molecular complexity index is 408. The van der Waals surface area contributed by atoms with Gasteiger partial charge in [0.15, 0.2) is 6.10 Å². The Morgan fingerprint density at radius 3 is 2.67 bits per heavy atom. The molecule has 1 aromatic carbocycles. The lowest BCUT2D eigenvalue weighted by molar-refractivity contribution is 0.112. The van der Waals surface area contributed by atoms with Gasteiger partial charge in [-0.1, -0.05) is 35.5 Å². The third kappa shape index (κ3) is 2.21. The van der Waals surface area contributed by atoms with Crippen LogP contribution in [0.4, 0.5) is 0 Å². The predicted octanol–water partition coefficient (Wildman–Crippen LogP) is 3.41. The Morgan fingerprint density at radius 1 is 1.47 bits per heavy atom. The molecule has 15 heavy (non-hydrogen) atoms. The van der Waals surface area contributed by atoms with Crippen molar-refractivity contribution in [1.29, 1.82) is 0 Å². The van der Waals surface area contributed by atoms with Gasteiger partial charge in [-0.15, -0.1) is 0 Å². The molecular weight excluding hydrogens is 210 g/mol. The van der Waals surface area contributed by atoms with Gasteiger partial charge in [0, 0.05) is 11.4 Å². The summed E-state index contributed by atoms with van der Waals surface area (Å²) in [6, 6.07) is 7.61. The van der Waals surface area contributed by atoms with Crippen molar-refractivity contribution < 1.29 is 4.84 Å². The maximum Gasteiger partial charge on any atom is 0.153 e. The van der Waals surface area contributed by atoms with Gasteiger partial charge in [0.2, 0.25) is 0 Å². The molecule has 0 aromatic heterocycles. The summed E-state index contributed by atoms with van der Waals surface area (Å²) in [5, 5.41) is 4.78. The molecule has 0 saturated carbocycles. The molecule has 1 aliphatic rings. The van der Waals surface area contributed by atoms with E-state index in [1.807, 2.05) is 31.2 Å². The van der Waals surface area contributed by atoms with Gasteiger partial charge < -0.3 is 4.84 Å². The lowest BCUT2D eigenvalue weighted by Gasteiger charge is -2.05. The lowest BCUT2D eigenvalue weighted by atomic mass is 10.0. The van der Waals surface area contributed by atoms with Crippen LogP contribution in [-0.4, -0.2) is 11.8 Å². The molecule has 1 atom stereocenters. The normalized spacial score (nSPS) is 19.6. The van der Waals surface area contributed by atoms with Crippen molar-refractivity contribution in [2.24, 2.45) is 5.16 Å². The van der Waals surface area contributed by atoms with Crippen molar-refractivity contribution in [3.8, 4) is 0 Å². The predicted molar refractivity (Wildman–Crippen MR) is 62.3 cm³/mol. The van der Waals surface area contributed by atoms with Gasteiger partial charge in [-0.2, -0.15) is 0 Å². The van der Waals surface area contributed by atoms with Gasteiger partial charge >= 0.3 is 0 Å². The van der Waals surface area contributed by atoms with E-state index in [-0.39, 0.29) is 6.10 Å². The van der Waals surface area contributed by atoms with Crippen molar-refractivity contribution in [3.05, 3.63) is 47.0 Å². The van der Waals surface area contributed by atoms with Crippen LogP contribution in [0.25, 0.3) is 0 Å². The van der Waals surface area contributed by atoms with Crippen LogP contribution in [0.15, 0.2) is 41.6 Å². The van der Waals surface area contributed by atoms with Gasteiger partial charge in [-0.25, -0.2) is 0 Å². The SMILES string of the molecule is C=C(C)C1CC(c2ccc(Cl)cc2)=NO1. The molecule has 2 rings (SSSR count). The molecule has 1 aromatic rings. The van der Waals surface area contributed by atoms with E-state index in [1.165, 1.54) is 0 Å². The van der Waals surface area contributed by atoms with E-state index in [1.54, 1.807) is 0 Å². The summed E-state index contributed by atoms with van der Waals surface area (Å²) < 4.78 is 0. The monoisotopic (exact) mass is 221 g/mol. The number of oxime groups is 1. The zero-order chi connectivity index (χ0) is 10.8. The summed E-state index contributed by atoms with van der Waals surface area (Å²) in [6.45, 7) is 5.81. The molecule has 2 nitrogen and oxygen atoms in total. The lowest BCUT2D eigenvalue weighted by Crippen LogP contribution is -2.08. The van der Waals surface area contributed by atoms with Crippen molar-refractivity contribution in [2.45, 2.75) is 19.4 Å². The molecule has 1 unspecified atom stereocenters. The second kappa shape index (κ2) is 4.07. The quantitative estimate of drug-likeness (QED) is 0.702. The topological polar surface area (TPSA) is 21.6 Å². The average Bonchev–Trinajstić information content (AvgIpc) is 2.68. The third-order valence-corrected chi connectivity index (χ3v) is 2.65. The number of hydrogen-bond donors (Lipinski definition) is 0. The number of hydrogen-bond acceptors (Lipinski definition) is 2. The van der Waals surface area contributed by atoms with Gasteiger partial charge in [0.25, 0.3) is 0 Å². The minimum Gasteiger partial charge on any atom is -0.387 e. The van der Waals surface area contributed by atoms with E-state index in [9.17, 15) is 0 Å². The van der Waals surface area contributed by atoms with E-state index < -0.39 is 0 Å². The number of benzene rings is 1. The first-order valence-electron chi connectivity index (χ1n) is 4.81. The molecule has 78 valence electrons. The minimum absolute atomic E-state index is 0.0238. The number of halogens is 1. The second-order valence-corrected chi connectivity index (χ2v) is 4.13. The van der Waals surface area contributed by atoms with E-state index in [4.69, 9.17) is 16.4 Å². The summed E-state index contributed by atoms with van der Waals surface area (Å²) in [7, 11) is 0. The highest BCUT2D eigenvalue weighted by Gasteiger charge is 2.22. The van der Waals surface area contributed by atoms with Crippen molar-refractivity contribution >= 4 is 17.3 Å². The average molecular weight is 222 g/mol. The highest BCUT2D eigenvalue weighted by atomic mass is 35.5. The minimum atomic E-state index is 0.0238. The van der Waals surface area contributed by atoms with Gasteiger partial charge in [-0.3, -0.25) is 0 Å². The molecule has 1 heterocycles. The van der Waals surface area contributed by atoms with Crippen molar-refractivity contribution in [3.63, 3.8) is 0 Å². The molecule has 3 heteroatoms. The maximum atomic E-state index is 5.81. The van der Waals surface area contributed by atoms with Crippen LogP contribution >= 0.6 is 11.6 Å². The van der Waals surface area contributed by atoms with Gasteiger partial charge in [0.1, 0.15) is 0 Å². The van der Waals surface area contributed by atoms with Crippen LogP contribution in [0.3, 0.4) is 0 Å². The zero-order valence-corrected chi connectivity index (χ0v) is 9.29. The van der Waals surface area contributed by atoms with Gasteiger partial charge in [0.05, 0.1) is 5.71 Å². The molecule has 0 fully saturated rings. The first-order chi connectivity index (χ1) is 7.16. The molecule has 0 amide bonds. The van der Waals surface area contributed by atoms with Crippen molar-refractivity contribution in [1.82, 2.24) is 0 Å². The van der Waals surface area contributed by atoms with E-state index in [2.05, 4.69) is 11.7 Å². The summed E-state index contributed by atoms with van der Waals surface area (Å²) in [4.78, 5) is 5.27. The Labute approximate surface area is 94.2 Å². The molecule has 0 bridgehead atoms. The highest BCUT2D eigenvalue weighted by Crippen LogP contribution is 2.21. The molecule has 0 radical (unpaired) electrons. The van der Waals surface area contributed by atoms with E-state index in [0.29, 0.717) is 0 Å². The highest BCUT2D eigenvalue weighted by molar-refractivity contribution is 6.30. The van der Waals surface area contributed by atoms with Crippen LogP contribution in [-0.2, 0) is 4.84 Å². The second-order valence-electron chi connectivity index (χ2n) is 3.69. The zero-order valence-electron chi connectivity index (χ0n) is 8.53. The molecule has 1 aliphatic heterocycles. The Balaban J connectivity index is 2.14. The van der Waals surface area contributed by atoms with Crippen LogP contribution in [0, 0.1) is 0 Å². The first kappa shape index (κ1) is 10.2. The molecule has 0 aliphatic carbocycles. The van der Waals surface area contributed by atoms with Crippen LogP contribution in [0.2, 0.25) is 5.02 Å². The Kier molecular flexibility index (Phi) is 2.78. The largest absolute Gasteiger partial charge is 0.387 e. The van der Waals surface area contributed by atoms with Crippen molar-refractivity contribution in [2.75, 3.05) is 0 Å². The summed E-state index contributed by atoms with van der Waals surface area (Å²) in [5.41, 5.74) is 3.02. The Morgan fingerprint density at radius 2 is 2.13 bits per heavy atom. The molecule has 0 saturated heterocycles. The Hall–Kier alpha value is -1.28. The van der Waals surface area contributed by atoms with Crippen LogP contribution in [0.1, 0.15) is 18.9 Å². The summed E-state index contributed by atoms with van der Waals surface area (Å²) in [6.07, 6.45) is 0.812. The standard InChI is InChI=1S/C12H12ClNO/c1-8(2)12-7-11(14-15-12)9-3-5-10(13)6-4-9/h3-6,12H,1,7H2,2H3. The fourth-order valence-corrected chi connectivity index (χ4v) is 1.58. The van der Waals surface area contributed by atoms with E-state index in [0.717, 1.165) is 28.3 Å². The van der Waals surface area contributed by atoms with Gasteiger partial charge in [-0.05, 0) is 30.2 Å². The summed E-state index contributed by atoms with van der Waals surface area (Å²) >= 11 is 5.81. The number of rotatable bonds is 2. The molecule has 0 N–H and O–H groups in total. The fraction of sp³-hybridized carbons (Fsp3) is 0.250. The van der Waals surface area contributed by atoms with Crippen LogP contribution in [0.5, 0.6) is 0 Å². The first-order valence-corrected chi connectivity index (χ1v) is 5.18. The fourth-order valence-electron chi connectivity index (χ4n) is 1.45. The van der Waals surface area contributed by atoms with E-state index >= 15 is 0 Å². The summed E-state index contributed by atoms with van der Waals surface area (Å²) in [5.74, 6) is 0.